The molecule has 148 valence electrons. The van der Waals surface area contributed by atoms with Gasteiger partial charge in [-0.1, -0.05) is 48.5 Å². The molecule has 4 rings (SSSR count). The molecular formula is C23H19N5OS. The van der Waals surface area contributed by atoms with E-state index in [9.17, 15) is 4.79 Å². The third kappa shape index (κ3) is 4.11. The lowest BCUT2D eigenvalue weighted by Crippen LogP contribution is -2.22. The van der Waals surface area contributed by atoms with Crippen molar-refractivity contribution in [2.24, 2.45) is 5.10 Å². The summed E-state index contributed by atoms with van der Waals surface area (Å²) in [4.78, 5) is 14.3. The predicted molar refractivity (Wildman–Crippen MR) is 123 cm³/mol. The van der Waals surface area contributed by atoms with E-state index in [0.717, 1.165) is 27.3 Å². The van der Waals surface area contributed by atoms with Crippen LogP contribution in [0.15, 0.2) is 94.8 Å². The number of anilines is 3. The molecule has 0 fully saturated rings. The number of hydrogen-bond donors (Lipinski definition) is 1. The number of aryl methyl sites for hydroxylation is 1. The lowest BCUT2D eigenvalue weighted by Gasteiger charge is -2.25. The number of para-hydroxylation sites is 2. The minimum atomic E-state index is -0.342. The second-order valence-corrected chi connectivity index (χ2v) is 6.96. The smallest absolute Gasteiger partial charge is 0.296 e. The van der Waals surface area contributed by atoms with Crippen molar-refractivity contribution in [3.8, 4) is 0 Å². The van der Waals surface area contributed by atoms with Crippen LogP contribution in [0.4, 0.5) is 17.1 Å². The molecule has 6 nitrogen and oxygen atoms in total. The molecule has 3 aromatic carbocycles. The third-order valence-electron chi connectivity index (χ3n) is 4.52. The first-order valence-corrected chi connectivity index (χ1v) is 9.77. The topological polar surface area (TPSA) is 66.3 Å². The van der Waals surface area contributed by atoms with Crippen LogP contribution in [0.3, 0.4) is 0 Å². The van der Waals surface area contributed by atoms with Gasteiger partial charge < -0.3 is 4.90 Å². The van der Waals surface area contributed by atoms with Gasteiger partial charge in [0.1, 0.15) is 5.69 Å². The van der Waals surface area contributed by atoms with E-state index in [4.69, 9.17) is 12.2 Å². The Morgan fingerprint density at radius 1 is 0.900 bits per heavy atom. The molecule has 30 heavy (non-hydrogen) atoms. The number of hydrogen-bond acceptors (Lipinski definition) is 5. The molecule has 0 aliphatic carbocycles. The average Bonchev–Trinajstić information content (AvgIpc) is 2.79. The highest BCUT2D eigenvalue weighted by atomic mass is 32.1. The standard InChI is InChI=1S/C23H19N5OS/c1-17-22(29)28(23(30)26-25-17)24-16-18-12-14-21(15-13-18)27(19-8-4-2-5-9-19)20-10-6-3-7-11-20/h2-16H,1H3,(H,26,30)/b24-16-. The van der Waals surface area contributed by atoms with Crippen LogP contribution in [0.25, 0.3) is 0 Å². The van der Waals surface area contributed by atoms with Crippen LogP contribution in [0.2, 0.25) is 0 Å². The largest absolute Gasteiger partial charge is 0.311 e. The summed E-state index contributed by atoms with van der Waals surface area (Å²) in [7, 11) is 0. The Kier molecular flexibility index (Phi) is 5.63. The average molecular weight is 414 g/mol. The fraction of sp³-hybridized carbons (Fsp3) is 0.0435. The van der Waals surface area contributed by atoms with E-state index in [0.29, 0.717) is 5.69 Å². The van der Waals surface area contributed by atoms with Crippen LogP contribution in [-0.4, -0.2) is 21.1 Å². The number of benzene rings is 3. The highest BCUT2D eigenvalue weighted by Crippen LogP contribution is 2.33. The fourth-order valence-electron chi connectivity index (χ4n) is 3.01. The van der Waals surface area contributed by atoms with Gasteiger partial charge in [-0.15, -0.1) is 0 Å². The van der Waals surface area contributed by atoms with Crippen LogP contribution in [0.5, 0.6) is 0 Å². The van der Waals surface area contributed by atoms with Crippen molar-refractivity contribution in [1.82, 2.24) is 14.9 Å². The third-order valence-corrected chi connectivity index (χ3v) is 4.78. The number of nitrogens with zero attached hydrogens (tertiary/aromatic N) is 4. The minimum Gasteiger partial charge on any atom is -0.311 e. The van der Waals surface area contributed by atoms with Gasteiger partial charge in [0.15, 0.2) is 0 Å². The molecule has 0 aliphatic rings. The summed E-state index contributed by atoms with van der Waals surface area (Å²) in [5.74, 6) is 0. The molecule has 0 amide bonds. The maximum absolute atomic E-state index is 12.2. The van der Waals surface area contributed by atoms with E-state index in [1.807, 2.05) is 60.7 Å². The van der Waals surface area contributed by atoms with Crippen LogP contribution in [0.1, 0.15) is 11.3 Å². The SMILES string of the molecule is Cc1n[nH]c(=S)n(/N=C\c2ccc(N(c3ccccc3)c3ccccc3)cc2)c1=O. The Balaban J connectivity index is 1.67. The van der Waals surface area contributed by atoms with Crippen LogP contribution in [-0.2, 0) is 0 Å². The van der Waals surface area contributed by atoms with Crippen LogP contribution in [0, 0.1) is 11.7 Å². The summed E-state index contributed by atoms with van der Waals surface area (Å²) in [6, 6.07) is 28.3. The summed E-state index contributed by atoms with van der Waals surface area (Å²) >= 11 is 5.10. The fourth-order valence-corrected chi connectivity index (χ4v) is 3.19. The quantitative estimate of drug-likeness (QED) is 0.371. The second-order valence-electron chi connectivity index (χ2n) is 6.57. The molecule has 4 aromatic rings. The monoisotopic (exact) mass is 413 g/mol. The molecular weight excluding hydrogens is 394 g/mol. The number of nitrogens with one attached hydrogen (secondary N) is 1. The highest BCUT2D eigenvalue weighted by Gasteiger charge is 2.11. The number of H-pyrrole nitrogens is 1. The lowest BCUT2D eigenvalue weighted by molar-refractivity contribution is 0.720. The van der Waals surface area contributed by atoms with Crippen molar-refractivity contribution in [2.45, 2.75) is 6.92 Å². The van der Waals surface area contributed by atoms with Crippen LogP contribution >= 0.6 is 12.2 Å². The van der Waals surface area contributed by atoms with E-state index in [2.05, 4.69) is 44.5 Å². The first kappa shape index (κ1) is 19.5. The zero-order valence-corrected chi connectivity index (χ0v) is 17.1. The van der Waals surface area contributed by atoms with Crippen molar-refractivity contribution in [3.63, 3.8) is 0 Å². The zero-order chi connectivity index (χ0) is 20.9. The molecule has 0 unspecified atom stereocenters. The van der Waals surface area contributed by atoms with E-state index in [1.54, 1.807) is 13.1 Å². The maximum Gasteiger partial charge on any atom is 0.296 e. The zero-order valence-electron chi connectivity index (χ0n) is 16.3. The molecule has 0 atom stereocenters. The van der Waals surface area contributed by atoms with Gasteiger partial charge in [-0.25, -0.2) is 0 Å². The Labute approximate surface area is 178 Å². The van der Waals surface area contributed by atoms with Gasteiger partial charge in [0.2, 0.25) is 4.77 Å². The second kappa shape index (κ2) is 8.67. The van der Waals surface area contributed by atoms with E-state index in [1.165, 1.54) is 0 Å². The van der Waals surface area contributed by atoms with Gasteiger partial charge in [-0.05, 0) is 61.1 Å². The van der Waals surface area contributed by atoms with Crippen LogP contribution < -0.4 is 10.5 Å². The summed E-state index contributed by atoms with van der Waals surface area (Å²) < 4.78 is 1.28. The molecule has 0 spiro atoms. The maximum atomic E-state index is 12.2. The van der Waals surface area contributed by atoms with E-state index >= 15 is 0 Å². The molecule has 1 heterocycles. The number of aromatic nitrogens is 3. The van der Waals surface area contributed by atoms with Gasteiger partial charge in [-0.3, -0.25) is 9.89 Å². The summed E-state index contributed by atoms with van der Waals surface area (Å²) in [6.45, 7) is 1.61. The van der Waals surface area contributed by atoms with Gasteiger partial charge in [0, 0.05) is 17.1 Å². The lowest BCUT2D eigenvalue weighted by atomic mass is 10.1. The van der Waals surface area contributed by atoms with Crippen molar-refractivity contribution in [3.05, 3.63) is 111 Å². The van der Waals surface area contributed by atoms with Gasteiger partial charge in [0.25, 0.3) is 5.56 Å². The Morgan fingerprint density at radius 3 is 2.00 bits per heavy atom. The van der Waals surface area contributed by atoms with Crippen molar-refractivity contribution in [1.29, 1.82) is 0 Å². The van der Waals surface area contributed by atoms with E-state index < -0.39 is 0 Å². The Hall–Kier alpha value is -3.84. The number of rotatable bonds is 5. The van der Waals surface area contributed by atoms with Crippen molar-refractivity contribution < 1.29 is 0 Å². The highest BCUT2D eigenvalue weighted by molar-refractivity contribution is 7.71. The van der Waals surface area contributed by atoms with E-state index in [-0.39, 0.29) is 10.3 Å². The molecule has 1 aromatic heterocycles. The normalized spacial score (nSPS) is 11.0. The molecule has 0 saturated carbocycles. The van der Waals surface area contributed by atoms with Crippen molar-refractivity contribution >= 4 is 35.5 Å². The summed E-state index contributed by atoms with van der Waals surface area (Å²) in [5, 5.41) is 10.7. The molecule has 0 bridgehead atoms. The summed E-state index contributed by atoms with van der Waals surface area (Å²) in [5.41, 5.74) is 3.95. The summed E-state index contributed by atoms with van der Waals surface area (Å²) in [6.07, 6.45) is 1.60. The first-order chi connectivity index (χ1) is 14.6. The molecule has 7 heteroatoms. The predicted octanol–water partition coefficient (Wildman–Crippen LogP) is 4.96. The Morgan fingerprint density at radius 2 is 1.43 bits per heavy atom. The first-order valence-electron chi connectivity index (χ1n) is 9.36. The van der Waals surface area contributed by atoms with Gasteiger partial charge in [-0.2, -0.15) is 14.9 Å². The molecule has 0 aliphatic heterocycles. The molecule has 0 saturated heterocycles. The van der Waals surface area contributed by atoms with Gasteiger partial charge >= 0.3 is 0 Å². The number of aromatic amines is 1. The molecule has 0 radical (unpaired) electrons. The minimum absolute atomic E-state index is 0.151. The van der Waals surface area contributed by atoms with Crippen molar-refractivity contribution in [2.75, 3.05) is 4.90 Å². The molecule has 1 N–H and O–H groups in total. The Bertz CT molecular complexity index is 1240. The van der Waals surface area contributed by atoms with Gasteiger partial charge in [0.05, 0.1) is 6.21 Å².